The summed E-state index contributed by atoms with van der Waals surface area (Å²) in [7, 11) is 1.57. The van der Waals surface area contributed by atoms with Gasteiger partial charge in [0.25, 0.3) is 5.69 Å². The van der Waals surface area contributed by atoms with Crippen LogP contribution in [-0.4, -0.2) is 24.5 Å². The fourth-order valence-corrected chi connectivity index (χ4v) is 2.78. The Bertz CT molecular complexity index is 769. The fourth-order valence-electron chi connectivity index (χ4n) is 2.78. The summed E-state index contributed by atoms with van der Waals surface area (Å²) >= 11 is 0. The normalized spacial score (nSPS) is 12.0. The van der Waals surface area contributed by atoms with Gasteiger partial charge in [-0.3, -0.25) is 14.9 Å². The minimum absolute atomic E-state index is 0.144. The molecule has 0 spiro atoms. The lowest BCUT2D eigenvalue weighted by Crippen LogP contribution is -2.18. The van der Waals surface area contributed by atoms with Crippen LogP contribution < -0.4 is 5.73 Å². The molecular weight excluding hydrogens is 308 g/mol. The quantitative estimate of drug-likeness (QED) is 0.649. The van der Waals surface area contributed by atoms with Crippen molar-refractivity contribution in [3.8, 4) is 11.1 Å². The van der Waals surface area contributed by atoms with Crippen molar-refractivity contribution in [3.63, 3.8) is 0 Å². The molecule has 0 fully saturated rings. The summed E-state index contributed by atoms with van der Waals surface area (Å²) in [4.78, 5) is 22.6. The van der Waals surface area contributed by atoms with Crippen LogP contribution in [-0.2, 0) is 4.74 Å². The first-order valence-electron chi connectivity index (χ1n) is 7.53. The molecule has 6 nitrogen and oxygen atoms in total. The van der Waals surface area contributed by atoms with E-state index < -0.39 is 10.8 Å². The van der Waals surface area contributed by atoms with Gasteiger partial charge >= 0.3 is 0 Å². The smallest absolute Gasteiger partial charge is 0.270 e. The highest BCUT2D eigenvalue weighted by molar-refractivity contribution is 5.97. The van der Waals surface area contributed by atoms with E-state index in [2.05, 4.69) is 0 Å². The summed E-state index contributed by atoms with van der Waals surface area (Å²) in [5.74, 6) is -0.834. The number of carbonyl (C=O) groups excluding carboxylic acids is 1. The van der Waals surface area contributed by atoms with Gasteiger partial charge in [0.15, 0.2) is 0 Å². The molecule has 1 amide bonds. The lowest BCUT2D eigenvalue weighted by Gasteiger charge is -2.19. The first-order valence-corrected chi connectivity index (χ1v) is 7.53. The van der Waals surface area contributed by atoms with Crippen LogP contribution in [0.4, 0.5) is 5.69 Å². The maximum atomic E-state index is 11.9. The van der Waals surface area contributed by atoms with E-state index >= 15 is 0 Å². The van der Waals surface area contributed by atoms with Crippen LogP contribution >= 0.6 is 0 Å². The van der Waals surface area contributed by atoms with Gasteiger partial charge in [-0.2, -0.15) is 0 Å². The molecule has 0 radical (unpaired) electrons. The number of nitrogens with zero attached hydrogens (tertiary/aromatic N) is 1. The molecule has 1 unspecified atom stereocenters. The van der Waals surface area contributed by atoms with Crippen LogP contribution in [0.3, 0.4) is 0 Å². The minimum atomic E-state index is -0.690. The number of hydrogen-bond donors (Lipinski definition) is 1. The van der Waals surface area contributed by atoms with E-state index in [1.807, 2.05) is 38.1 Å². The Kier molecular flexibility index (Phi) is 5.31. The second-order valence-corrected chi connectivity index (χ2v) is 5.80. The van der Waals surface area contributed by atoms with E-state index in [4.69, 9.17) is 10.5 Å². The molecule has 2 rings (SSSR count). The number of primary amides is 1. The standard InChI is InChI=1S/C18H20N2O4/c1-11-4-6-13(7-5-11)15-8-14(20(22)23)9-16(18(19)21)17(15)12(2)10-24-3/h4-9,12H,10H2,1-3H3,(H2,19,21). The molecule has 2 aromatic carbocycles. The van der Waals surface area contributed by atoms with Crippen LogP contribution in [0, 0.1) is 17.0 Å². The number of rotatable bonds is 6. The lowest BCUT2D eigenvalue weighted by atomic mass is 9.87. The zero-order valence-electron chi connectivity index (χ0n) is 13.9. The third-order valence-corrected chi connectivity index (χ3v) is 3.91. The first kappa shape index (κ1) is 17.6. The van der Waals surface area contributed by atoms with Crippen molar-refractivity contribution in [2.45, 2.75) is 19.8 Å². The molecule has 0 aromatic heterocycles. The molecule has 1 atom stereocenters. The molecule has 0 aliphatic rings. The molecule has 0 heterocycles. The van der Waals surface area contributed by atoms with Crippen molar-refractivity contribution < 1.29 is 14.5 Å². The van der Waals surface area contributed by atoms with Crippen LogP contribution in [0.25, 0.3) is 11.1 Å². The number of ether oxygens (including phenoxy) is 1. The van der Waals surface area contributed by atoms with Gasteiger partial charge in [0.05, 0.1) is 17.1 Å². The van der Waals surface area contributed by atoms with Crippen LogP contribution in [0.2, 0.25) is 0 Å². The topological polar surface area (TPSA) is 95.5 Å². The number of nitro groups is 1. The first-order chi connectivity index (χ1) is 11.3. The highest BCUT2D eigenvalue weighted by Crippen LogP contribution is 2.36. The molecule has 126 valence electrons. The summed E-state index contributed by atoms with van der Waals surface area (Å²) in [6, 6.07) is 10.3. The number of amides is 1. The third-order valence-electron chi connectivity index (χ3n) is 3.91. The molecular formula is C18H20N2O4. The van der Waals surface area contributed by atoms with Crippen molar-refractivity contribution >= 4 is 11.6 Å². The summed E-state index contributed by atoms with van der Waals surface area (Å²) in [5, 5.41) is 11.2. The second-order valence-electron chi connectivity index (χ2n) is 5.80. The zero-order chi connectivity index (χ0) is 17.9. The third kappa shape index (κ3) is 3.60. The van der Waals surface area contributed by atoms with Crippen molar-refractivity contribution in [2.24, 2.45) is 5.73 Å². The van der Waals surface area contributed by atoms with Crippen LogP contribution in [0.1, 0.15) is 34.3 Å². The zero-order valence-corrected chi connectivity index (χ0v) is 13.9. The number of non-ortho nitro benzene ring substituents is 1. The summed E-state index contributed by atoms with van der Waals surface area (Å²) in [6.07, 6.45) is 0. The van der Waals surface area contributed by atoms with E-state index in [0.717, 1.165) is 11.1 Å². The summed E-state index contributed by atoms with van der Waals surface area (Å²) in [5.41, 5.74) is 8.65. The Morgan fingerprint density at radius 2 is 1.92 bits per heavy atom. The van der Waals surface area contributed by atoms with Gasteiger partial charge in [-0.05, 0) is 23.6 Å². The van der Waals surface area contributed by atoms with Gasteiger partial charge in [-0.1, -0.05) is 36.8 Å². The highest BCUT2D eigenvalue weighted by atomic mass is 16.6. The Balaban J connectivity index is 2.79. The van der Waals surface area contributed by atoms with E-state index in [-0.39, 0.29) is 17.2 Å². The van der Waals surface area contributed by atoms with Crippen molar-refractivity contribution in [2.75, 3.05) is 13.7 Å². The Labute approximate surface area is 140 Å². The van der Waals surface area contributed by atoms with Crippen molar-refractivity contribution in [1.82, 2.24) is 0 Å². The van der Waals surface area contributed by atoms with E-state index in [1.54, 1.807) is 7.11 Å². The van der Waals surface area contributed by atoms with Gasteiger partial charge < -0.3 is 10.5 Å². The highest BCUT2D eigenvalue weighted by Gasteiger charge is 2.24. The number of hydrogen-bond acceptors (Lipinski definition) is 4. The molecule has 0 aliphatic carbocycles. The van der Waals surface area contributed by atoms with Gasteiger partial charge in [-0.15, -0.1) is 0 Å². The molecule has 24 heavy (non-hydrogen) atoms. The van der Waals surface area contributed by atoms with E-state index in [0.29, 0.717) is 17.7 Å². The lowest BCUT2D eigenvalue weighted by molar-refractivity contribution is -0.384. The average Bonchev–Trinajstić information content (AvgIpc) is 2.54. The summed E-state index contributed by atoms with van der Waals surface area (Å²) < 4.78 is 5.19. The fraction of sp³-hybridized carbons (Fsp3) is 0.278. The molecule has 0 aliphatic heterocycles. The predicted octanol–water partition coefficient (Wildman–Crippen LogP) is 3.42. The molecule has 2 aromatic rings. The second kappa shape index (κ2) is 7.23. The Morgan fingerprint density at radius 3 is 2.42 bits per heavy atom. The van der Waals surface area contributed by atoms with E-state index in [9.17, 15) is 14.9 Å². The maximum absolute atomic E-state index is 11.9. The van der Waals surface area contributed by atoms with Gasteiger partial charge in [0.2, 0.25) is 5.91 Å². The number of aryl methyl sites for hydroxylation is 1. The van der Waals surface area contributed by atoms with Gasteiger partial charge in [0.1, 0.15) is 0 Å². The van der Waals surface area contributed by atoms with E-state index in [1.165, 1.54) is 12.1 Å². The largest absolute Gasteiger partial charge is 0.384 e. The number of nitro benzene ring substituents is 1. The van der Waals surface area contributed by atoms with Crippen molar-refractivity contribution in [3.05, 3.63) is 63.2 Å². The van der Waals surface area contributed by atoms with Crippen molar-refractivity contribution in [1.29, 1.82) is 0 Å². The Morgan fingerprint density at radius 1 is 1.29 bits per heavy atom. The number of nitrogens with two attached hydrogens (primary N) is 1. The maximum Gasteiger partial charge on any atom is 0.270 e. The molecule has 2 N–H and O–H groups in total. The molecule has 0 bridgehead atoms. The SMILES string of the molecule is COCC(C)c1c(C(N)=O)cc([N+](=O)[O-])cc1-c1ccc(C)cc1. The Hall–Kier alpha value is -2.73. The monoisotopic (exact) mass is 328 g/mol. The predicted molar refractivity (Wildman–Crippen MR) is 92.1 cm³/mol. The molecule has 0 saturated carbocycles. The van der Waals surface area contributed by atoms with Crippen LogP contribution in [0.5, 0.6) is 0 Å². The molecule has 6 heteroatoms. The van der Waals surface area contributed by atoms with Gasteiger partial charge in [0, 0.05) is 25.2 Å². The average molecular weight is 328 g/mol. The number of benzene rings is 2. The van der Waals surface area contributed by atoms with Crippen LogP contribution in [0.15, 0.2) is 36.4 Å². The molecule has 0 saturated heterocycles. The minimum Gasteiger partial charge on any atom is -0.384 e. The number of carbonyl (C=O) groups is 1. The van der Waals surface area contributed by atoms with Gasteiger partial charge in [-0.25, -0.2) is 0 Å². The summed E-state index contributed by atoms with van der Waals surface area (Å²) in [6.45, 7) is 4.23. The number of methoxy groups -OCH3 is 1.